The Bertz CT molecular complexity index is 1130. The van der Waals surface area contributed by atoms with Gasteiger partial charge in [0.2, 0.25) is 5.96 Å². The number of hydrogen-bond acceptors (Lipinski definition) is 6. The van der Waals surface area contributed by atoms with Crippen LogP contribution in [0.3, 0.4) is 0 Å². The Morgan fingerprint density at radius 1 is 1.42 bits per heavy atom. The number of nitrogens with zero attached hydrogens (tertiary/aromatic N) is 5. The first-order valence-corrected chi connectivity index (χ1v) is 10.1. The second-order valence-electron chi connectivity index (χ2n) is 6.13. The monoisotopic (exact) mass is 395 g/mol. The molecule has 3 heterocycles. The third-order valence-electron chi connectivity index (χ3n) is 4.24. The lowest BCUT2D eigenvalue weighted by Gasteiger charge is -2.37. The van der Waals surface area contributed by atoms with Crippen molar-refractivity contribution in [3.63, 3.8) is 0 Å². The smallest absolute Gasteiger partial charge is 0.263 e. The molecule has 2 aliphatic rings. The molecule has 0 saturated carbocycles. The van der Waals surface area contributed by atoms with Crippen LogP contribution in [0.5, 0.6) is 0 Å². The van der Waals surface area contributed by atoms with Gasteiger partial charge < -0.3 is 4.90 Å². The van der Waals surface area contributed by atoms with Gasteiger partial charge in [-0.25, -0.2) is 8.42 Å². The first-order chi connectivity index (χ1) is 13.0. The zero-order chi connectivity index (χ0) is 20.4. The number of aryl methyl sites for hydroxylation is 1. The van der Waals surface area contributed by atoms with Crippen LogP contribution in [0.4, 0.5) is 5.69 Å². The zero-order valence-electron chi connectivity index (χ0n) is 15.9. The van der Waals surface area contributed by atoms with Gasteiger partial charge in [-0.15, -0.1) is 0 Å². The maximum absolute atomic E-state index is 13.3. The van der Waals surface area contributed by atoms with E-state index in [1.54, 1.807) is 11.9 Å². The number of anilines is 1. The van der Waals surface area contributed by atoms with Crippen molar-refractivity contribution in [3.05, 3.63) is 41.7 Å². The number of aliphatic imine (C=N–C) groups is 1. The highest BCUT2D eigenvalue weighted by atomic mass is 35.7. The Hall–Kier alpha value is -2.39. The minimum Gasteiger partial charge on any atom is -0.307 e. The molecule has 1 amide bonds. The minimum absolute atomic E-state index is 0.0437. The number of benzene rings is 1. The van der Waals surface area contributed by atoms with Crippen LogP contribution in [0, 0.1) is 0 Å². The largest absolute Gasteiger partial charge is 0.307 e. The van der Waals surface area contributed by atoms with Crippen molar-refractivity contribution in [3.8, 4) is 0 Å². The lowest BCUT2D eigenvalue weighted by Crippen LogP contribution is -2.51. The first kappa shape index (κ1) is 14.7. The number of rotatable bonds is 3. The van der Waals surface area contributed by atoms with E-state index >= 15 is 0 Å². The third kappa shape index (κ3) is 2.67. The van der Waals surface area contributed by atoms with Gasteiger partial charge in [0.25, 0.3) is 15.0 Å². The van der Waals surface area contributed by atoms with E-state index in [1.165, 1.54) is 35.3 Å². The Balaban J connectivity index is 1.92. The number of aromatic nitrogens is 2. The van der Waals surface area contributed by atoms with Crippen LogP contribution in [-0.2, 0) is 22.6 Å². The molecule has 0 bridgehead atoms. The summed E-state index contributed by atoms with van der Waals surface area (Å²) in [6.45, 7) is 0.0113. The average Bonchev–Trinajstić information content (AvgIpc) is 3.20. The van der Waals surface area contributed by atoms with Gasteiger partial charge in [-0.3, -0.25) is 19.4 Å². The van der Waals surface area contributed by atoms with Crippen LogP contribution in [0.25, 0.3) is 0 Å². The van der Waals surface area contributed by atoms with Gasteiger partial charge in [-0.05, 0) is 25.1 Å². The molecule has 1 aromatic heterocycles. The van der Waals surface area contributed by atoms with Gasteiger partial charge in [0.1, 0.15) is 0 Å². The highest BCUT2D eigenvalue weighted by Crippen LogP contribution is 2.35. The molecule has 0 radical (unpaired) electrons. The van der Waals surface area contributed by atoms with Gasteiger partial charge >= 0.3 is 0 Å². The second-order valence-corrected chi connectivity index (χ2v) is 8.70. The summed E-state index contributed by atoms with van der Waals surface area (Å²) >= 11 is 0. The van der Waals surface area contributed by atoms with Crippen LogP contribution in [0.1, 0.15) is 25.6 Å². The fraction of sp³-hybridized carbons (Fsp3) is 0.312. The van der Waals surface area contributed by atoms with E-state index in [-0.39, 0.29) is 28.0 Å². The molecule has 0 aliphatic carbocycles. The summed E-state index contributed by atoms with van der Waals surface area (Å²) in [6, 6.07) is 3.86. The van der Waals surface area contributed by atoms with Gasteiger partial charge in [-0.2, -0.15) is 5.10 Å². The van der Waals surface area contributed by atoms with E-state index in [9.17, 15) is 13.2 Å². The van der Waals surface area contributed by atoms with E-state index in [1.807, 2.05) is 6.92 Å². The van der Waals surface area contributed by atoms with Gasteiger partial charge in [0, 0.05) is 29.5 Å². The number of fused-ring (bicyclic) bond motifs is 3. The molecule has 26 heavy (non-hydrogen) atoms. The zero-order valence-corrected chi connectivity index (χ0v) is 15.5. The summed E-state index contributed by atoms with van der Waals surface area (Å²) in [5.41, 5.74) is 0.688. The number of guanidine groups is 1. The number of amides is 1. The molecule has 0 spiro atoms. The molecule has 10 heteroatoms. The summed E-state index contributed by atoms with van der Waals surface area (Å²) < 4.78 is 42.1. The maximum atomic E-state index is 13.3. The second kappa shape index (κ2) is 5.82. The molecule has 1 atom stereocenters. The normalized spacial score (nSPS) is 21.1. The first-order valence-electron chi connectivity index (χ1n) is 8.78. The lowest BCUT2D eigenvalue weighted by molar-refractivity contribution is 0.0833. The molecule has 8 nitrogen and oxygen atoms in total. The average molecular weight is 396 g/mol. The standard InChI is InChI=1S/C16H16ClN5O3S/c1-10-6-18-16-21(9-11-7-19-20(2)8-11)15(23)13-5-12(26(17,24)25)3-4-14(13)22(10)16/h3-5,7-8,10H,6,9H2,1-2H3/t10-/m1/s1/i9D2. The Morgan fingerprint density at radius 3 is 2.85 bits per heavy atom. The van der Waals surface area contributed by atoms with E-state index in [0.717, 1.165) is 4.90 Å². The predicted molar refractivity (Wildman–Crippen MR) is 96.8 cm³/mol. The molecule has 4 rings (SSSR count). The van der Waals surface area contributed by atoms with Crippen molar-refractivity contribution < 1.29 is 16.0 Å². The molecular formula is C16H16ClN5O3S. The highest BCUT2D eigenvalue weighted by Gasteiger charge is 2.40. The number of carbonyl (C=O) groups is 1. The van der Waals surface area contributed by atoms with Crippen molar-refractivity contribution >= 4 is 37.3 Å². The number of hydrogen-bond donors (Lipinski definition) is 0. The van der Waals surface area contributed by atoms with Crippen LogP contribution >= 0.6 is 10.7 Å². The molecule has 2 aromatic rings. The van der Waals surface area contributed by atoms with Gasteiger partial charge in [0.05, 0.1) is 44.2 Å². The summed E-state index contributed by atoms with van der Waals surface area (Å²) in [5, 5.41) is 3.98. The van der Waals surface area contributed by atoms with Crippen molar-refractivity contribution in [1.29, 1.82) is 0 Å². The van der Waals surface area contributed by atoms with Crippen LogP contribution in [0.15, 0.2) is 40.5 Å². The summed E-state index contributed by atoms with van der Waals surface area (Å²) in [6.07, 6.45) is 2.82. The predicted octanol–water partition coefficient (Wildman–Crippen LogP) is 1.57. The van der Waals surface area contributed by atoms with Gasteiger partial charge in [-0.1, -0.05) is 0 Å². The lowest BCUT2D eigenvalue weighted by atomic mass is 10.1. The SMILES string of the molecule is [2H]C([2H])(c1cnn(C)c1)N1C(=O)c2cc(S(=O)(=O)Cl)ccc2N2C1=NC[C@H]2C. The molecule has 0 N–H and O–H groups in total. The van der Waals surface area contributed by atoms with Crippen LogP contribution in [0.2, 0.25) is 0 Å². The van der Waals surface area contributed by atoms with E-state index in [2.05, 4.69) is 10.1 Å². The van der Waals surface area contributed by atoms with Crippen molar-refractivity contribution in [2.45, 2.75) is 24.4 Å². The van der Waals surface area contributed by atoms with E-state index in [4.69, 9.17) is 13.4 Å². The van der Waals surface area contributed by atoms with Crippen molar-refractivity contribution in [1.82, 2.24) is 14.7 Å². The molecule has 0 saturated heterocycles. The fourth-order valence-electron chi connectivity index (χ4n) is 3.06. The summed E-state index contributed by atoms with van der Waals surface area (Å²) in [5.74, 6) is -0.518. The van der Waals surface area contributed by atoms with Crippen LogP contribution < -0.4 is 4.90 Å². The molecule has 0 unspecified atom stereocenters. The Morgan fingerprint density at radius 2 is 2.19 bits per heavy atom. The maximum Gasteiger partial charge on any atom is 0.263 e. The summed E-state index contributed by atoms with van der Waals surface area (Å²) in [4.78, 5) is 20.1. The summed E-state index contributed by atoms with van der Waals surface area (Å²) in [7, 11) is 3.03. The topological polar surface area (TPSA) is 87.9 Å². The highest BCUT2D eigenvalue weighted by molar-refractivity contribution is 8.13. The van der Waals surface area contributed by atoms with E-state index < -0.39 is 21.5 Å². The Labute approximate surface area is 157 Å². The molecule has 2 aliphatic heterocycles. The molecule has 1 aromatic carbocycles. The molecule has 136 valence electrons. The third-order valence-corrected chi connectivity index (χ3v) is 5.59. The quantitative estimate of drug-likeness (QED) is 0.736. The number of halogens is 1. The molecular weight excluding hydrogens is 378 g/mol. The van der Waals surface area contributed by atoms with Gasteiger partial charge in [0.15, 0.2) is 0 Å². The number of carbonyl (C=O) groups excluding carboxylic acids is 1. The van der Waals surface area contributed by atoms with Crippen LogP contribution in [-0.4, -0.2) is 47.6 Å². The van der Waals surface area contributed by atoms with Crippen molar-refractivity contribution in [2.24, 2.45) is 12.0 Å². The Kier molecular flexibility index (Phi) is 3.30. The fourth-order valence-corrected chi connectivity index (χ4v) is 3.84. The minimum atomic E-state index is -4.05. The van der Waals surface area contributed by atoms with E-state index in [0.29, 0.717) is 12.2 Å². The molecule has 0 fully saturated rings. The van der Waals surface area contributed by atoms with Crippen molar-refractivity contribution in [2.75, 3.05) is 11.4 Å².